The second-order valence-electron chi connectivity index (χ2n) is 5.21. The first-order valence-corrected chi connectivity index (χ1v) is 7.41. The lowest BCUT2D eigenvalue weighted by Gasteiger charge is -2.32. The van der Waals surface area contributed by atoms with E-state index in [1.807, 2.05) is 4.90 Å². The molecular weight excluding hydrogens is 226 g/mol. The molecule has 4 heteroatoms. The molecule has 0 aromatic carbocycles. The van der Waals surface area contributed by atoms with E-state index in [9.17, 15) is 4.79 Å². The van der Waals surface area contributed by atoms with E-state index in [1.54, 1.807) is 0 Å². The van der Waals surface area contributed by atoms with Crippen LogP contribution in [0.2, 0.25) is 0 Å². The van der Waals surface area contributed by atoms with E-state index in [-0.39, 0.29) is 0 Å². The van der Waals surface area contributed by atoms with Crippen molar-refractivity contribution in [2.45, 2.75) is 46.1 Å². The number of nitrogens with zero attached hydrogens (tertiary/aromatic N) is 2. The minimum Gasteiger partial charge on any atom is -0.339 e. The van der Waals surface area contributed by atoms with Gasteiger partial charge in [0.05, 0.1) is 6.54 Å². The Labute approximate surface area is 112 Å². The van der Waals surface area contributed by atoms with Gasteiger partial charge in [0.2, 0.25) is 5.91 Å². The number of unbranched alkanes of at least 4 members (excludes halogenated alkanes) is 1. The fourth-order valence-electron chi connectivity index (χ4n) is 2.26. The fraction of sp³-hybridized carbons (Fsp3) is 0.929. The molecule has 1 aliphatic heterocycles. The maximum atomic E-state index is 12.2. The summed E-state index contributed by atoms with van der Waals surface area (Å²) in [6.45, 7) is 11.8. The second kappa shape index (κ2) is 8.48. The molecule has 0 radical (unpaired) electrons. The number of nitrogens with one attached hydrogen (secondary N) is 1. The molecule has 106 valence electrons. The number of amides is 1. The van der Waals surface area contributed by atoms with E-state index in [1.165, 1.54) is 12.8 Å². The number of hydrogen-bond donors (Lipinski definition) is 1. The zero-order valence-electron chi connectivity index (χ0n) is 12.2. The minimum atomic E-state index is 0.299. The van der Waals surface area contributed by atoms with Gasteiger partial charge in [-0.2, -0.15) is 0 Å². The van der Waals surface area contributed by atoms with Crippen LogP contribution in [0.4, 0.5) is 0 Å². The Bertz CT molecular complexity index is 239. The van der Waals surface area contributed by atoms with Gasteiger partial charge in [-0.05, 0) is 26.3 Å². The molecule has 1 atom stereocenters. The van der Waals surface area contributed by atoms with Gasteiger partial charge < -0.3 is 10.2 Å². The Kier molecular flexibility index (Phi) is 7.28. The van der Waals surface area contributed by atoms with Crippen LogP contribution in [0.25, 0.3) is 0 Å². The average Bonchev–Trinajstić information content (AvgIpc) is 2.43. The lowest BCUT2D eigenvalue weighted by atomic mass is 10.2. The van der Waals surface area contributed by atoms with Crippen molar-refractivity contribution in [2.75, 3.05) is 39.3 Å². The molecule has 1 rings (SSSR count). The molecule has 4 nitrogen and oxygen atoms in total. The topological polar surface area (TPSA) is 35.6 Å². The summed E-state index contributed by atoms with van der Waals surface area (Å²) >= 11 is 0. The summed E-state index contributed by atoms with van der Waals surface area (Å²) in [5.41, 5.74) is 0. The minimum absolute atomic E-state index is 0.299. The maximum absolute atomic E-state index is 12.2. The van der Waals surface area contributed by atoms with Gasteiger partial charge in [0.15, 0.2) is 0 Å². The number of carbonyl (C=O) groups excluding carboxylic acids is 1. The molecule has 0 saturated carbocycles. The van der Waals surface area contributed by atoms with Gasteiger partial charge in [-0.3, -0.25) is 9.69 Å². The second-order valence-corrected chi connectivity index (χ2v) is 5.21. The van der Waals surface area contributed by atoms with Crippen LogP contribution in [0.1, 0.15) is 40.0 Å². The van der Waals surface area contributed by atoms with Crippen molar-refractivity contribution in [2.24, 2.45) is 0 Å². The van der Waals surface area contributed by atoms with E-state index in [0.29, 0.717) is 18.5 Å². The average molecular weight is 255 g/mol. The highest BCUT2D eigenvalue weighted by molar-refractivity contribution is 5.78. The smallest absolute Gasteiger partial charge is 0.236 e. The van der Waals surface area contributed by atoms with E-state index < -0.39 is 0 Å². The molecule has 1 heterocycles. The van der Waals surface area contributed by atoms with Crippen LogP contribution in [0.15, 0.2) is 0 Å². The van der Waals surface area contributed by atoms with Crippen molar-refractivity contribution in [3.63, 3.8) is 0 Å². The quantitative estimate of drug-likeness (QED) is 0.745. The molecule has 18 heavy (non-hydrogen) atoms. The molecule has 0 spiro atoms. The summed E-state index contributed by atoms with van der Waals surface area (Å²) < 4.78 is 0. The first kappa shape index (κ1) is 15.4. The molecule has 1 amide bonds. The first-order chi connectivity index (χ1) is 8.69. The normalized spacial score (nSPS) is 18.1. The van der Waals surface area contributed by atoms with Crippen LogP contribution >= 0.6 is 0 Å². The fourth-order valence-corrected chi connectivity index (χ4v) is 2.26. The number of piperazine rings is 1. The van der Waals surface area contributed by atoms with Crippen LogP contribution < -0.4 is 5.32 Å². The molecule has 0 bridgehead atoms. The summed E-state index contributed by atoms with van der Waals surface area (Å²) in [5, 5.41) is 3.28. The van der Waals surface area contributed by atoms with Gasteiger partial charge in [-0.15, -0.1) is 0 Å². The van der Waals surface area contributed by atoms with E-state index >= 15 is 0 Å². The van der Waals surface area contributed by atoms with Crippen molar-refractivity contribution in [1.29, 1.82) is 0 Å². The highest BCUT2D eigenvalue weighted by atomic mass is 16.2. The lowest BCUT2D eigenvalue weighted by Crippen LogP contribution is -2.50. The number of rotatable bonds is 7. The Balaban J connectivity index is 2.44. The van der Waals surface area contributed by atoms with Gasteiger partial charge in [0, 0.05) is 32.2 Å². The van der Waals surface area contributed by atoms with Crippen LogP contribution in [0.3, 0.4) is 0 Å². The number of hydrogen-bond acceptors (Lipinski definition) is 3. The molecule has 1 unspecified atom stereocenters. The molecular formula is C14H29N3O. The van der Waals surface area contributed by atoms with Crippen LogP contribution in [0, 0.1) is 0 Å². The van der Waals surface area contributed by atoms with E-state index in [4.69, 9.17) is 0 Å². The van der Waals surface area contributed by atoms with E-state index in [0.717, 1.165) is 39.1 Å². The van der Waals surface area contributed by atoms with Crippen molar-refractivity contribution >= 4 is 5.91 Å². The Morgan fingerprint density at radius 2 is 2.00 bits per heavy atom. The maximum Gasteiger partial charge on any atom is 0.236 e. The lowest BCUT2D eigenvalue weighted by molar-refractivity contribution is -0.133. The van der Waals surface area contributed by atoms with Crippen molar-refractivity contribution in [3.05, 3.63) is 0 Å². The highest BCUT2D eigenvalue weighted by Gasteiger charge is 2.21. The van der Waals surface area contributed by atoms with Crippen LogP contribution in [0.5, 0.6) is 0 Å². The SMILES string of the molecule is CCCCN(CC(=O)N1CCNCC1)C(C)CC. The predicted molar refractivity (Wildman–Crippen MR) is 75.7 cm³/mol. The summed E-state index contributed by atoms with van der Waals surface area (Å²) in [6.07, 6.45) is 3.48. The van der Waals surface area contributed by atoms with Crippen molar-refractivity contribution < 1.29 is 4.79 Å². The monoisotopic (exact) mass is 255 g/mol. The largest absolute Gasteiger partial charge is 0.339 e. The molecule has 0 aromatic rings. The zero-order valence-corrected chi connectivity index (χ0v) is 12.2. The van der Waals surface area contributed by atoms with Crippen LogP contribution in [-0.4, -0.2) is 61.0 Å². The summed E-state index contributed by atoms with van der Waals surface area (Å²) in [6, 6.07) is 0.503. The van der Waals surface area contributed by atoms with Gasteiger partial charge in [-0.1, -0.05) is 20.3 Å². The third-order valence-electron chi connectivity index (χ3n) is 3.82. The summed E-state index contributed by atoms with van der Waals surface area (Å²) in [4.78, 5) is 16.6. The molecule has 0 aromatic heterocycles. The number of carbonyl (C=O) groups is 1. The van der Waals surface area contributed by atoms with Gasteiger partial charge in [0.1, 0.15) is 0 Å². The Morgan fingerprint density at radius 3 is 2.56 bits per heavy atom. The van der Waals surface area contributed by atoms with Crippen LogP contribution in [-0.2, 0) is 4.79 Å². The third-order valence-corrected chi connectivity index (χ3v) is 3.82. The van der Waals surface area contributed by atoms with Gasteiger partial charge >= 0.3 is 0 Å². The van der Waals surface area contributed by atoms with Crippen molar-refractivity contribution in [3.8, 4) is 0 Å². The van der Waals surface area contributed by atoms with Gasteiger partial charge in [0.25, 0.3) is 0 Å². The third kappa shape index (κ3) is 4.94. The zero-order chi connectivity index (χ0) is 13.4. The Morgan fingerprint density at radius 1 is 1.33 bits per heavy atom. The summed E-state index contributed by atoms with van der Waals surface area (Å²) in [5.74, 6) is 0.299. The first-order valence-electron chi connectivity index (χ1n) is 7.41. The summed E-state index contributed by atoms with van der Waals surface area (Å²) in [7, 11) is 0. The molecule has 1 fully saturated rings. The highest BCUT2D eigenvalue weighted by Crippen LogP contribution is 2.07. The van der Waals surface area contributed by atoms with Crippen molar-refractivity contribution in [1.82, 2.24) is 15.1 Å². The Hall–Kier alpha value is -0.610. The molecule has 1 aliphatic rings. The molecule has 1 saturated heterocycles. The standard InChI is InChI=1S/C14H29N3O/c1-4-6-9-17(13(3)5-2)12-14(18)16-10-7-15-8-11-16/h13,15H,4-12H2,1-3H3. The van der Waals surface area contributed by atoms with Gasteiger partial charge in [-0.25, -0.2) is 0 Å². The van der Waals surface area contributed by atoms with E-state index in [2.05, 4.69) is 31.0 Å². The molecule has 1 N–H and O–H groups in total. The predicted octanol–water partition coefficient (Wildman–Crippen LogP) is 1.32. The molecule has 0 aliphatic carbocycles.